The van der Waals surface area contributed by atoms with Crippen molar-refractivity contribution in [2.45, 2.75) is 33.3 Å². The normalized spacial score (nSPS) is 10.9. The van der Waals surface area contributed by atoms with Crippen molar-refractivity contribution in [1.82, 2.24) is 0 Å². The van der Waals surface area contributed by atoms with Crippen LogP contribution >= 0.6 is 11.6 Å². The van der Waals surface area contributed by atoms with Gasteiger partial charge in [-0.15, -0.1) is 0 Å². The van der Waals surface area contributed by atoms with Gasteiger partial charge in [0.2, 0.25) is 0 Å². The number of hydrogen-bond acceptors (Lipinski definition) is 1. The minimum atomic E-state index is 0.0616. The van der Waals surface area contributed by atoms with E-state index in [2.05, 4.69) is 13.8 Å². The molecule has 0 atom stereocenters. The fourth-order valence-electron chi connectivity index (χ4n) is 1.52. The van der Waals surface area contributed by atoms with Gasteiger partial charge in [-0.3, -0.25) is 0 Å². The molecule has 1 rings (SSSR count). The zero-order valence-electron chi connectivity index (χ0n) is 8.26. The van der Waals surface area contributed by atoms with Gasteiger partial charge < -0.3 is 5.11 Å². The maximum atomic E-state index is 9.09. The summed E-state index contributed by atoms with van der Waals surface area (Å²) < 4.78 is 0. The van der Waals surface area contributed by atoms with E-state index in [1.54, 1.807) is 0 Å². The van der Waals surface area contributed by atoms with Crippen molar-refractivity contribution in [3.8, 4) is 0 Å². The molecule has 0 bridgehead atoms. The van der Waals surface area contributed by atoms with Crippen LogP contribution in [0.25, 0.3) is 0 Å². The van der Waals surface area contributed by atoms with Gasteiger partial charge in [-0.05, 0) is 41.7 Å². The fraction of sp³-hybridized carbons (Fsp3) is 0.455. The molecule has 0 saturated carbocycles. The van der Waals surface area contributed by atoms with Crippen molar-refractivity contribution in [2.24, 2.45) is 0 Å². The van der Waals surface area contributed by atoms with E-state index in [0.29, 0.717) is 10.9 Å². The summed E-state index contributed by atoms with van der Waals surface area (Å²) in [5.74, 6) is 0.448. The number of halogens is 1. The molecule has 0 aliphatic rings. The molecule has 1 nitrogen and oxygen atoms in total. The summed E-state index contributed by atoms with van der Waals surface area (Å²) in [5.41, 5.74) is 3.30. The van der Waals surface area contributed by atoms with E-state index in [1.165, 1.54) is 5.56 Å². The van der Waals surface area contributed by atoms with Gasteiger partial charge in [0.05, 0.1) is 6.61 Å². The van der Waals surface area contributed by atoms with Gasteiger partial charge >= 0.3 is 0 Å². The molecule has 0 aliphatic carbocycles. The van der Waals surface area contributed by atoms with Crippen LogP contribution in [-0.2, 0) is 6.61 Å². The molecule has 0 amide bonds. The smallest absolute Gasteiger partial charge is 0.0685 e. The summed E-state index contributed by atoms with van der Waals surface area (Å²) in [6.45, 7) is 6.34. The van der Waals surface area contributed by atoms with Gasteiger partial charge in [0.15, 0.2) is 0 Å². The zero-order valence-corrected chi connectivity index (χ0v) is 9.02. The highest BCUT2D eigenvalue weighted by atomic mass is 35.5. The molecule has 0 unspecified atom stereocenters. The number of aliphatic hydroxyl groups excluding tert-OH is 1. The quantitative estimate of drug-likeness (QED) is 0.774. The first-order valence-electron chi connectivity index (χ1n) is 4.46. The lowest BCUT2D eigenvalue weighted by atomic mass is 9.94. The second-order valence-corrected chi connectivity index (χ2v) is 4.03. The van der Waals surface area contributed by atoms with Crippen LogP contribution in [-0.4, -0.2) is 5.11 Å². The van der Waals surface area contributed by atoms with E-state index in [-0.39, 0.29) is 6.61 Å². The zero-order chi connectivity index (χ0) is 10.0. The first-order chi connectivity index (χ1) is 6.06. The summed E-state index contributed by atoms with van der Waals surface area (Å²) in [6, 6.07) is 3.80. The number of benzene rings is 1. The summed E-state index contributed by atoms with van der Waals surface area (Å²) >= 11 is 5.93. The predicted molar refractivity (Wildman–Crippen MR) is 56.2 cm³/mol. The van der Waals surface area contributed by atoms with E-state index >= 15 is 0 Å². The molecule has 0 radical (unpaired) electrons. The number of aliphatic hydroxyl groups is 1. The maximum absolute atomic E-state index is 9.09. The number of hydrogen-bond donors (Lipinski definition) is 1. The highest BCUT2D eigenvalue weighted by molar-refractivity contribution is 6.30. The Hall–Kier alpha value is -0.530. The van der Waals surface area contributed by atoms with E-state index in [9.17, 15) is 0 Å². The SMILES string of the molecule is Cc1c(CO)cc(Cl)cc1C(C)C. The molecule has 0 heterocycles. The van der Waals surface area contributed by atoms with E-state index in [4.69, 9.17) is 16.7 Å². The summed E-state index contributed by atoms with van der Waals surface area (Å²) in [6.07, 6.45) is 0. The van der Waals surface area contributed by atoms with Gasteiger partial charge in [-0.25, -0.2) is 0 Å². The van der Waals surface area contributed by atoms with Crippen molar-refractivity contribution < 1.29 is 5.11 Å². The molecule has 72 valence electrons. The van der Waals surface area contributed by atoms with Gasteiger partial charge in [0.1, 0.15) is 0 Å². The minimum Gasteiger partial charge on any atom is -0.392 e. The Labute approximate surface area is 84.4 Å². The maximum Gasteiger partial charge on any atom is 0.0685 e. The van der Waals surface area contributed by atoms with Crippen molar-refractivity contribution >= 4 is 11.6 Å². The van der Waals surface area contributed by atoms with Crippen LogP contribution in [0.2, 0.25) is 5.02 Å². The molecule has 1 aromatic carbocycles. The third kappa shape index (κ3) is 2.23. The molecule has 0 saturated heterocycles. The van der Waals surface area contributed by atoms with Crippen molar-refractivity contribution in [2.75, 3.05) is 0 Å². The van der Waals surface area contributed by atoms with Crippen LogP contribution in [0.1, 0.15) is 36.5 Å². The average Bonchev–Trinajstić information content (AvgIpc) is 2.08. The number of rotatable bonds is 2. The molecule has 0 aromatic heterocycles. The lowest BCUT2D eigenvalue weighted by molar-refractivity contribution is 0.281. The highest BCUT2D eigenvalue weighted by Crippen LogP contribution is 2.26. The van der Waals surface area contributed by atoms with Crippen LogP contribution in [0, 0.1) is 6.92 Å². The lowest BCUT2D eigenvalue weighted by Crippen LogP contribution is -1.97. The van der Waals surface area contributed by atoms with Crippen LogP contribution in [0.15, 0.2) is 12.1 Å². The van der Waals surface area contributed by atoms with Crippen molar-refractivity contribution in [3.05, 3.63) is 33.8 Å². The fourth-order valence-corrected chi connectivity index (χ4v) is 1.77. The average molecular weight is 199 g/mol. The first-order valence-corrected chi connectivity index (χ1v) is 4.83. The Bertz CT molecular complexity index is 305. The Kier molecular flexibility index (Phi) is 3.34. The van der Waals surface area contributed by atoms with E-state index in [0.717, 1.165) is 11.1 Å². The van der Waals surface area contributed by atoms with Gasteiger partial charge in [0.25, 0.3) is 0 Å². The second kappa shape index (κ2) is 4.12. The molecule has 13 heavy (non-hydrogen) atoms. The summed E-state index contributed by atoms with van der Waals surface area (Å²) in [7, 11) is 0. The first kappa shape index (κ1) is 10.6. The molecule has 2 heteroatoms. The van der Waals surface area contributed by atoms with Gasteiger partial charge in [0, 0.05) is 5.02 Å². The standard InChI is InChI=1S/C11H15ClO/c1-7(2)11-5-10(12)4-9(6-13)8(11)3/h4-5,7,13H,6H2,1-3H3. The molecule has 1 aromatic rings. The Balaban J connectivity index is 3.27. The van der Waals surface area contributed by atoms with Crippen molar-refractivity contribution in [3.63, 3.8) is 0 Å². The monoisotopic (exact) mass is 198 g/mol. The third-order valence-corrected chi connectivity index (χ3v) is 2.53. The molecule has 0 fully saturated rings. The highest BCUT2D eigenvalue weighted by Gasteiger charge is 2.08. The molecule has 0 aliphatic heterocycles. The topological polar surface area (TPSA) is 20.2 Å². The third-order valence-electron chi connectivity index (χ3n) is 2.31. The van der Waals surface area contributed by atoms with Crippen LogP contribution < -0.4 is 0 Å². The molecule has 1 N–H and O–H groups in total. The van der Waals surface area contributed by atoms with Gasteiger partial charge in [-0.1, -0.05) is 25.4 Å². The van der Waals surface area contributed by atoms with Crippen LogP contribution in [0.4, 0.5) is 0 Å². The lowest BCUT2D eigenvalue weighted by Gasteiger charge is -2.13. The molecule has 0 spiro atoms. The summed E-state index contributed by atoms with van der Waals surface area (Å²) in [4.78, 5) is 0. The molecular weight excluding hydrogens is 184 g/mol. The minimum absolute atomic E-state index is 0.0616. The Morgan fingerprint density at radius 2 is 2.00 bits per heavy atom. The Morgan fingerprint density at radius 3 is 2.46 bits per heavy atom. The van der Waals surface area contributed by atoms with Crippen LogP contribution in [0.3, 0.4) is 0 Å². The van der Waals surface area contributed by atoms with E-state index < -0.39 is 0 Å². The Morgan fingerprint density at radius 1 is 1.38 bits per heavy atom. The second-order valence-electron chi connectivity index (χ2n) is 3.59. The molecular formula is C11H15ClO. The largest absolute Gasteiger partial charge is 0.392 e. The van der Waals surface area contributed by atoms with E-state index in [1.807, 2.05) is 19.1 Å². The van der Waals surface area contributed by atoms with Gasteiger partial charge in [-0.2, -0.15) is 0 Å². The van der Waals surface area contributed by atoms with Crippen molar-refractivity contribution in [1.29, 1.82) is 0 Å². The summed E-state index contributed by atoms with van der Waals surface area (Å²) in [5, 5.41) is 9.80. The predicted octanol–water partition coefficient (Wildman–Crippen LogP) is 3.26. The van der Waals surface area contributed by atoms with Crippen LogP contribution in [0.5, 0.6) is 0 Å².